The van der Waals surface area contributed by atoms with Gasteiger partial charge in [0.05, 0.1) is 38.2 Å². The van der Waals surface area contributed by atoms with Gasteiger partial charge in [-0.15, -0.1) is 0 Å². The summed E-state index contributed by atoms with van der Waals surface area (Å²) in [5.41, 5.74) is 2.58. The highest BCUT2D eigenvalue weighted by atomic mass is 32.2. The monoisotopic (exact) mass is 552 g/mol. The molecule has 0 radical (unpaired) electrons. The number of carbonyl (C=O) groups excluding carboxylic acids is 1. The number of rotatable bonds is 8. The Hall–Kier alpha value is -3.50. The van der Waals surface area contributed by atoms with Gasteiger partial charge in [-0.2, -0.15) is 4.99 Å². The molecule has 8 nitrogen and oxygen atoms in total. The van der Waals surface area contributed by atoms with Crippen LogP contribution in [0.25, 0.3) is 0 Å². The van der Waals surface area contributed by atoms with E-state index in [4.69, 9.17) is 14.2 Å². The Morgan fingerprint density at radius 3 is 2.39 bits per heavy atom. The number of nitrogens with zero attached hydrogens (tertiary/aromatic N) is 2. The van der Waals surface area contributed by atoms with Crippen molar-refractivity contribution in [2.24, 2.45) is 4.99 Å². The topological polar surface area (TPSA) is 94.5 Å². The van der Waals surface area contributed by atoms with Crippen molar-refractivity contribution in [1.82, 2.24) is 0 Å². The number of hydrogen-bond acceptors (Lipinski definition) is 7. The van der Waals surface area contributed by atoms with Crippen molar-refractivity contribution in [1.29, 1.82) is 0 Å². The molecule has 5 rings (SSSR count). The molecule has 0 bridgehead atoms. The molecule has 0 aliphatic carbocycles. The number of sulfone groups is 1. The van der Waals surface area contributed by atoms with Gasteiger partial charge in [-0.25, -0.2) is 8.42 Å². The number of aliphatic imine (C=N–C) groups is 1. The van der Waals surface area contributed by atoms with Crippen LogP contribution >= 0.6 is 11.8 Å². The third-order valence-electron chi connectivity index (χ3n) is 6.45. The second-order valence-corrected chi connectivity index (χ2v) is 12.5. The minimum Gasteiger partial charge on any atom is -0.493 e. The van der Waals surface area contributed by atoms with Crippen LogP contribution in [0.15, 0.2) is 77.8 Å². The lowest BCUT2D eigenvalue weighted by molar-refractivity contribution is -0.117. The smallest absolute Gasteiger partial charge is 0.252 e. The van der Waals surface area contributed by atoms with Crippen molar-refractivity contribution in [3.63, 3.8) is 0 Å². The van der Waals surface area contributed by atoms with Gasteiger partial charge in [0.2, 0.25) is 0 Å². The van der Waals surface area contributed by atoms with E-state index >= 15 is 0 Å². The molecule has 3 aromatic rings. The van der Waals surface area contributed by atoms with Crippen LogP contribution < -0.4 is 19.1 Å². The van der Waals surface area contributed by atoms with Crippen LogP contribution in [0, 0.1) is 0 Å². The third-order valence-corrected chi connectivity index (χ3v) is 9.66. The van der Waals surface area contributed by atoms with Crippen LogP contribution in [0.2, 0.25) is 0 Å². The normalized spacial score (nSPS) is 20.8. The fourth-order valence-electron chi connectivity index (χ4n) is 4.62. The van der Waals surface area contributed by atoms with Crippen molar-refractivity contribution in [3.8, 4) is 17.2 Å². The van der Waals surface area contributed by atoms with E-state index < -0.39 is 9.84 Å². The number of anilines is 1. The van der Waals surface area contributed by atoms with Crippen LogP contribution in [0.5, 0.6) is 17.2 Å². The largest absolute Gasteiger partial charge is 0.493 e. The summed E-state index contributed by atoms with van der Waals surface area (Å²) in [6, 6.07) is 22.4. The molecule has 198 valence electrons. The lowest BCUT2D eigenvalue weighted by atomic mass is 10.1. The molecule has 38 heavy (non-hydrogen) atoms. The Morgan fingerprint density at radius 1 is 0.947 bits per heavy atom. The van der Waals surface area contributed by atoms with Gasteiger partial charge in [0.15, 0.2) is 26.5 Å². The van der Waals surface area contributed by atoms with E-state index in [1.54, 1.807) is 32.4 Å². The number of amidine groups is 1. The Morgan fingerprint density at radius 2 is 1.68 bits per heavy atom. The molecule has 1 amide bonds. The average molecular weight is 553 g/mol. The maximum atomic E-state index is 13.0. The summed E-state index contributed by atoms with van der Waals surface area (Å²) in [5, 5.41) is 0.333. The SMILES string of the molecule is COc1ccc(CC(=O)N=C2S[C@H]3CS(=O)(=O)C[C@@H]3N2c2ccc(OCc3ccccc3)cc2)cc1OC. The van der Waals surface area contributed by atoms with Crippen LogP contribution in [0.3, 0.4) is 0 Å². The summed E-state index contributed by atoms with van der Waals surface area (Å²) >= 11 is 1.35. The van der Waals surface area contributed by atoms with E-state index in [0.717, 1.165) is 16.8 Å². The van der Waals surface area contributed by atoms with Crippen LogP contribution in [-0.2, 0) is 27.7 Å². The molecule has 0 unspecified atom stereocenters. The number of hydrogen-bond donors (Lipinski definition) is 0. The van der Waals surface area contributed by atoms with Gasteiger partial charge in [0.1, 0.15) is 12.4 Å². The highest BCUT2D eigenvalue weighted by molar-refractivity contribution is 8.16. The summed E-state index contributed by atoms with van der Waals surface area (Å²) in [6.45, 7) is 0.444. The zero-order valence-electron chi connectivity index (χ0n) is 21.1. The van der Waals surface area contributed by atoms with Crippen molar-refractivity contribution in [3.05, 3.63) is 83.9 Å². The Bertz CT molecular complexity index is 1440. The average Bonchev–Trinajstić information content (AvgIpc) is 3.38. The first-order valence-corrected chi connectivity index (χ1v) is 14.8. The number of benzene rings is 3. The molecular weight excluding hydrogens is 524 g/mol. The second-order valence-electron chi connectivity index (χ2n) is 9.09. The van der Waals surface area contributed by atoms with Crippen LogP contribution in [0.1, 0.15) is 11.1 Å². The third kappa shape index (κ3) is 5.81. The lowest BCUT2D eigenvalue weighted by Crippen LogP contribution is -2.37. The number of fused-ring (bicyclic) bond motifs is 1. The van der Waals surface area contributed by atoms with Gasteiger partial charge in [-0.1, -0.05) is 48.2 Å². The van der Waals surface area contributed by atoms with Gasteiger partial charge in [0, 0.05) is 10.9 Å². The van der Waals surface area contributed by atoms with E-state index in [1.807, 2.05) is 59.5 Å². The molecule has 2 heterocycles. The van der Waals surface area contributed by atoms with Crippen molar-refractivity contribution < 1.29 is 27.4 Å². The minimum atomic E-state index is -3.16. The summed E-state index contributed by atoms with van der Waals surface area (Å²) < 4.78 is 41.3. The molecule has 0 spiro atoms. The van der Waals surface area contributed by atoms with E-state index in [1.165, 1.54) is 11.8 Å². The molecule has 2 atom stereocenters. The molecule has 2 saturated heterocycles. The fraction of sp³-hybridized carbons (Fsp3) is 0.286. The highest BCUT2D eigenvalue weighted by Crippen LogP contribution is 2.41. The predicted octanol–water partition coefficient (Wildman–Crippen LogP) is 4.13. The lowest BCUT2D eigenvalue weighted by Gasteiger charge is -2.24. The fourth-order valence-corrected chi connectivity index (χ4v) is 8.55. The molecule has 2 fully saturated rings. The summed E-state index contributed by atoms with van der Waals surface area (Å²) in [7, 11) is -0.0632. The summed E-state index contributed by atoms with van der Waals surface area (Å²) in [5.74, 6) is 1.59. The molecular formula is C28H28N2O6S2. The Balaban J connectivity index is 1.35. The quantitative estimate of drug-likeness (QED) is 0.412. The molecule has 0 N–H and O–H groups in total. The van der Waals surface area contributed by atoms with Crippen molar-refractivity contribution in [2.75, 3.05) is 30.6 Å². The molecule has 2 aliphatic rings. The van der Waals surface area contributed by atoms with Crippen LogP contribution in [-0.4, -0.2) is 56.5 Å². The Kier molecular flexibility index (Phi) is 7.62. The molecule has 0 aromatic heterocycles. The van der Waals surface area contributed by atoms with Crippen LogP contribution in [0.4, 0.5) is 5.69 Å². The van der Waals surface area contributed by atoms with Gasteiger partial charge < -0.3 is 19.1 Å². The number of ether oxygens (including phenoxy) is 3. The van der Waals surface area contributed by atoms with E-state index in [-0.39, 0.29) is 35.1 Å². The minimum absolute atomic E-state index is 0.0276. The van der Waals surface area contributed by atoms with E-state index in [2.05, 4.69) is 4.99 Å². The maximum Gasteiger partial charge on any atom is 0.252 e. The maximum absolute atomic E-state index is 13.0. The van der Waals surface area contributed by atoms with E-state index in [9.17, 15) is 13.2 Å². The van der Waals surface area contributed by atoms with Gasteiger partial charge in [0.25, 0.3) is 5.91 Å². The van der Waals surface area contributed by atoms with Crippen molar-refractivity contribution >= 4 is 38.4 Å². The molecule has 3 aromatic carbocycles. The summed E-state index contributed by atoms with van der Waals surface area (Å²) in [6.07, 6.45) is 0.0815. The number of methoxy groups -OCH3 is 2. The highest BCUT2D eigenvalue weighted by Gasteiger charge is 2.49. The zero-order chi connectivity index (χ0) is 26.7. The summed E-state index contributed by atoms with van der Waals surface area (Å²) in [4.78, 5) is 19.3. The molecule has 0 saturated carbocycles. The number of thioether (sulfide) groups is 1. The first-order valence-electron chi connectivity index (χ1n) is 12.1. The first-order chi connectivity index (χ1) is 18.3. The molecule has 2 aliphatic heterocycles. The number of amides is 1. The predicted molar refractivity (Wildman–Crippen MR) is 149 cm³/mol. The van der Waals surface area contributed by atoms with E-state index in [0.29, 0.717) is 29.0 Å². The first kappa shape index (κ1) is 26.1. The van der Waals surface area contributed by atoms with Gasteiger partial charge in [-0.05, 0) is 47.5 Å². The zero-order valence-corrected chi connectivity index (χ0v) is 22.7. The standard InChI is InChI=1S/C28H28N2O6S2/c1-34-24-13-8-20(14-25(24)35-2)15-27(31)29-28-30(23-17-38(32,33)18-26(23)37-28)21-9-11-22(12-10-21)36-16-19-6-4-3-5-7-19/h3-14,23,26H,15-18H2,1-2H3/t23-,26-/m0/s1. The van der Waals surface area contributed by atoms with Gasteiger partial charge >= 0.3 is 0 Å². The van der Waals surface area contributed by atoms with Gasteiger partial charge in [-0.3, -0.25) is 4.79 Å². The molecule has 10 heteroatoms. The second kappa shape index (κ2) is 11.1. The Labute approximate surface area is 226 Å². The number of carbonyl (C=O) groups is 1. The van der Waals surface area contributed by atoms with Crippen molar-refractivity contribution in [2.45, 2.75) is 24.3 Å².